The number of aryl methyl sites for hydroxylation is 1. The lowest BCUT2D eigenvalue weighted by Gasteiger charge is -2.11. The van der Waals surface area contributed by atoms with Gasteiger partial charge >= 0.3 is 0 Å². The summed E-state index contributed by atoms with van der Waals surface area (Å²) < 4.78 is 5.45. The lowest BCUT2D eigenvalue weighted by molar-refractivity contribution is 0.324. The number of benzene rings is 1. The average molecular weight is 257 g/mol. The summed E-state index contributed by atoms with van der Waals surface area (Å²) in [6.45, 7) is 7.34. The molecule has 0 saturated heterocycles. The summed E-state index contributed by atoms with van der Waals surface area (Å²) >= 11 is 0. The molecule has 0 aliphatic heterocycles. The van der Waals surface area contributed by atoms with Gasteiger partial charge in [-0.3, -0.25) is 0 Å². The van der Waals surface area contributed by atoms with E-state index in [1.54, 1.807) is 0 Å². The zero-order valence-electron chi connectivity index (χ0n) is 11.6. The Morgan fingerprint density at radius 3 is 2.53 bits per heavy atom. The second-order valence-electron chi connectivity index (χ2n) is 4.42. The Kier molecular flexibility index (Phi) is 4.34. The maximum atomic E-state index is 5.45. The molecule has 1 aromatic heterocycles. The molecule has 4 heteroatoms. The highest BCUT2D eigenvalue weighted by Gasteiger charge is 2.07. The van der Waals surface area contributed by atoms with Crippen molar-refractivity contribution in [2.75, 3.05) is 11.9 Å². The maximum absolute atomic E-state index is 5.45. The molecule has 0 atom stereocenters. The summed E-state index contributed by atoms with van der Waals surface area (Å²) in [5, 5.41) is 3.32. The first kappa shape index (κ1) is 13.3. The fourth-order valence-electron chi connectivity index (χ4n) is 1.79. The van der Waals surface area contributed by atoms with Crippen molar-refractivity contribution in [3.05, 3.63) is 47.3 Å². The molecule has 0 aliphatic rings. The number of hydrogen-bond acceptors (Lipinski definition) is 4. The van der Waals surface area contributed by atoms with Gasteiger partial charge in [-0.1, -0.05) is 29.8 Å². The Morgan fingerprint density at radius 1 is 1.11 bits per heavy atom. The molecule has 1 heterocycles. The van der Waals surface area contributed by atoms with Crippen LogP contribution in [0.4, 0.5) is 5.82 Å². The molecule has 0 fully saturated rings. The van der Waals surface area contributed by atoms with Gasteiger partial charge in [-0.25, -0.2) is 9.97 Å². The van der Waals surface area contributed by atoms with Crippen LogP contribution in [-0.2, 0) is 6.54 Å². The predicted molar refractivity (Wildman–Crippen MR) is 76.4 cm³/mol. The van der Waals surface area contributed by atoms with Crippen molar-refractivity contribution >= 4 is 5.82 Å². The summed E-state index contributed by atoms with van der Waals surface area (Å²) in [6.07, 6.45) is 1.52. The predicted octanol–water partition coefficient (Wildman–Crippen LogP) is 3.10. The quantitative estimate of drug-likeness (QED) is 0.894. The zero-order valence-corrected chi connectivity index (χ0v) is 11.6. The number of aromatic nitrogens is 2. The number of rotatable bonds is 5. The van der Waals surface area contributed by atoms with Gasteiger partial charge in [-0.2, -0.15) is 0 Å². The van der Waals surface area contributed by atoms with Crippen molar-refractivity contribution in [1.82, 2.24) is 9.97 Å². The van der Waals surface area contributed by atoms with Gasteiger partial charge in [-0.05, 0) is 26.3 Å². The summed E-state index contributed by atoms with van der Waals surface area (Å²) in [5.41, 5.74) is 3.43. The molecule has 100 valence electrons. The first-order chi connectivity index (χ1) is 9.20. The molecule has 0 unspecified atom stereocenters. The number of anilines is 1. The van der Waals surface area contributed by atoms with Crippen molar-refractivity contribution in [1.29, 1.82) is 0 Å². The second-order valence-corrected chi connectivity index (χ2v) is 4.42. The van der Waals surface area contributed by atoms with E-state index in [2.05, 4.69) is 46.5 Å². The van der Waals surface area contributed by atoms with Gasteiger partial charge in [0, 0.05) is 6.54 Å². The van der Waals surface area contributed by atoms with E-state index in [1.165, 1.54) is 17.5 Å². The fourth-order valence-corrected chi connectivity index (χ4v) is 1.79. The summed E-state index contributed by atoms with van der Waals surface area (Å²) in [7, 11) is 0. The number of nitrogens with one attached hydrogen (secondary N) is 1. The SMILES string of the molecule is CCOc1ncnc(NCc2ccc(C)cc2)c1C. The Balaban J connectivity index is 2.07. The van der Waals surface area contributed by atoms with Crippen LogP contribution in [0, 0.1) is 13.8 Å². The standard InChI is InChI=1S/C15H19N3O/c1-4-19-15-12(3)14(17-10-18-15)16-9-13-7-5-11(2)6-8-13/h5-8,10H,4,9H2,1-3H3,(H,16,17,18). The molecule has 19 heavy (non-hydrogen) atoms. The third-order valence-electron chi connectivity index (χ3n) is 2.90. The molecule has 0 saturated carbocycles. The van der Waals surface area contributed by atoms with E-state index < -0.39 is 0 Å². The van der Waals surface area contributed by atoms with Crippen LogP contribution in [0.3, 0.4) is 0 Å². The van der Waals surface area contributed by atoms with Crippen LogP contribution in [0.15, 0.2) is 30.6 Å². The van der Waals surface area contributed by atoms with Crippen LogP contribution in [-0.4, -0.2) is 16.6 Å². The fraction of sp³-hybridized carbons (Fsp3) is 0.333. The molecule has 0 bridgehead atoms. The van der Waals surface area contributed by atoms with Gasteiger partial charge < -0.3 is 10.1 Å². The highest BCUT2D eigenvalue weighted by atomic mass is 16.5. The summed E-state index contributed by atoms with van der Waals surface area (Å²) in [6, 6.07) is 8.44. The second kappa shape index (κ2) is 6.18. The van der Waals surface area contributed by atoms with E-state index in [-0.39, 0.29) is 0 Å². The summed E-state index contributed by atoms with van der Waals surface area (Å²) in [5.74, 6) is 1.46. The van der Waals surface area contributed by atoms with E-state index in [0.717, 1.165) is 17.9 Å². The molecule has 1 aromatic carbocycles. The normalized spacial score (nSPS) is 10.3. The van der Waals surface area contributed by atoms with Crippen LogP contribution in [0.2, 0.25) is 0 Å². The molecule has 0 aliphatic carbocycles. The first-order valence-corrected chi connectivity index (χ1v) is 6.44. The maximum Gasteiger partial charge on any atom is 0.221 e. The highest BCUT2D eigenvalue weighted by molar-refractivity contribution is 5.48. The lowest BCUT2D eigenvalue weighted by Crippen LogP contribution is -2.06. The molecule has 2 rings (SSSR count). The Morgan fingerprint density at radius 2 is 1.84 bits per heavy atom. The van der Waals surface area contributed by atoms with Crippen molar-refractivity contribution < 1.29 is 4.74 Å². The zero-order chi connectivity index (χ0) is 13.7. The highest BCUT2D eigenvalue weighted by Crippen LogP contribution is 2.20. The third-order valence-corrected chi connectivity index (χ3v) is 2.90. The minimum Gasteiger partial charge on any atom is -0.478 e. The third kappa shape index (κ3) is 3.44. The van der Waals surface area contributed by atoms with E-state index >= 15 is 0 Å². The molecule has 0 radical (unpaired) electrons. The molecule has 0 spiro atoms. The lowest BCUT2D eigenvalue weighted by atomic mass is 10.1. The first-order valence-electron chi connectivity index (χ1n) is 6.44. The van der Waals surface area contributed by atoms with Crippen molar-refractivity contribution in [3.63, 3.8) is 0 Å². The topological polar surface area (TPSA) is 47.0 Å². The number of ether oxygens (including phenoxy) is 1. The number of hydrogen-bond donors (Lipinski definition) is 1. The average Bonchev–Trinajstić information content (AvgIpc) is 2.42. The van der Waals surface area contributed by atoms with Gasteiger partial charge in [0.15, 0.2) is 0 Å². The Bertz CT molecular complexity index is 538. The monoisotopic (exact) mass is 257 g/mol. The van der Waals surface area contributed by atoms with Gasteiger partial charge in [0.25, 0.3) is 0 Å². The minimum absolute atomic E-state index is 0.606. The smallest absolute Gasteiger partial charge is 0.221 e. The van der Waals surface area contributed by atoms with Crippen LogP contribution in [0.5, 0.6) is 5.88 Å². The van der Waals surface area contributed by atoms with E-state index in [9.17, 15) is 0 Å². The number of nitrogens with zero attached hydrogens (tertiary/aromatic N) is 2. The van der Waals surface area contributed by atoms with Crippen LogP contribution < -0.4 is 10.1 Å². The van der Waals surface area contributed by atoms with Crippen molar-refractivity contribution in [2.45, 2.75) is 27.3 Å². The molecule has 4 nitrogen and oxygen atoms in total. The molecular weight excluding hydrogens is 238 g/mol. The molecule has 0 amide bonds. The van der Waals surface area contributed by atoms with Gasteiger partial charge in [0.1, 0.15) is 12.1 Å². The van der Waals surface area contributed by atoms with Gasteiger partial charge in [0.05, 0.1) is 12.2 Å². The van der Waals surface area contributed by atoms with Crippen LogP contribution >= 0.6 is 0 Å². The Labute approximate surface area is 113 Å². The van der Waals surface area contributed by atoms with Crippen LogP contribution in [0.25, 0.3) is 0 Å². The van der Waals surface area contributed by atoms with Crippen molar-refractivity contribution in [2.24, 2.45) is 0 Å². The molecular formula is C15H19N3O. The van der Waals surface area contributed by atoms with Gasteiger partial charge in [-0.15, -0.1) is 0 Å². The largest absolute Gasteiger partial charge is 0.478 e. The van der Waals surface area contributed by atoms with Gasteiger partial charge in [0.2, 0.25) is 5.88 Å². The Hall–Kier alpha value is -2.10. The van der Waals surface area contributed by atoms with E-state index in [4.69, 9.17) is 4.74 Å². The van der Waals surface area contributed by atoms with Crippen molar-refractivity contribution in [3.8, 4) is 5.88 Å². The minimum atomic E-state index is 0.606. The summed E-state index contributed by atoms with van der Waals surface area (Å²) in [4.78, 5) is 8.37. The van der Waals surface area contributed by atoms with E-state index in [0.29, 0.717) is 12.5 Å². The van der Waals surface area contributed by atoms with Crippen LogP contribution in [0.1, 0.15) is 23.6 Å². The molecule has 1 N–H and O–H groups in total. The van der Waals surface area contributed by atoms with E-state index in [1.807, 2.05) is 13.8 Å². The molecule has 2 aromatic rings.